The van der Waals surface area contributed by atoms with E-state index in [1.165, 1.54) is 28.8 Å². The number of carbonyl (C=O) groups excluding carboxylic acids is 1. The summed E-state index contributed by atoms with van der Waals surface area (Å²) in [5.41, 5.74) is 1.37. The van der Waals surface area contributed by atoms with E-state index < -0.39 is 4.92 Å². The van der Waals surface area contributed by atoms with Gasteiger partial charge in [0.15, 0.2) is 4.32 Å². The van der Waals surface area contributed by atoms with E-state index in [0.29, 0.717) is 19.9 Å². The molecule has 0 atom stereocenters. The highest BCUT2D eigenvalue weighted by atomic mass is 35.5. The molecular weight excluding hydrogens is 392 g/mol. The highest BCUT2D eigenvalue weighted by Crippen LogP contribution is 2.37. The standard InChI is InChI=1S/C18H11ClN2O3S2/c19-14-5-1-2-6-15(14)20-17(22)16(26-18(20)25)7-3-4-12-8-10-13(11-9-12)21(23)24/h1-11H/b4-3+,16-7-. The first-order chi connectivity index (χ1) is 12.5. The molecule has 0 spiro atoms. The number of anilines is 1. The Labute approximate surface area is 164 Å². The number of hydrogen-bond acceptors (Lipinski definition) is 5. The van der Waals surface area contributed by atoms with Gasteiger partial charge >= 0.3 is 0 Å². The Morgan fingerprint density at radius 1 is 1.15 bits per heavy atom. The number of allylic oxidation sites excluding steroid dienone is 2. The summed E-state index contributed by atoms with van der Waals surface area (Å²) in [7, 11) is 0. The van der Waals surface area contributed by atoms with E-state index in [1.54, 1.807) is 54.6 Å². The van der Waals surface area contributed by atoms with Gasteiger partial charge in [-0.1, -0.05) is 59.9 Å². The molecule has 26 heavy (non-hydrogen) atoms. The van der Waals surface area contributed by atoms with Crippen LogP contribution in [0.4, 0.5) is 11.4 Å². The predicted molar refractivity (Wildman–Crippen MR) is 109 cm³/mol. The second-order valence-electron chi connectivity index (χ2n) is 5.20. The minimum atomic E-state index is -0.451. The van der Waals surface area contributed by atoms with Gasteiger partial charge in [0.2, 0.25) is 0 Å². The van der Waals surface area contributed by atoms with Crippen LogP contribution in [0, 0.1) is 10.1 Å². The number of amides is 1. The molecule has 0 aliphatic carbocycles. The Kier molecular flexibility index (Phi) is 5.51. The fourth-order valence-corrected chi connectivity index (χ4v) is 3.73. The number of para-hydroxylation sites is 1. The maximum atomic E-state index is 12.6. The van der Waals surface area contributed by atoms with Crippen LogP contribution in [0.1, 0.15) is 5.56 Å². The molecule has 1 heterocycles. The van der Waals surface area contributed by atoms with Crippen molar-refractivity contribution in [2.75, 3.05) is 4.90 Å². The minimum absolute atomic E-state index is 0.0303. The molecule has 0 unspecified atom stereocenters. The van der Waals surface area contributed by atoms with Crippen molar-refractivity contribution in [2.24, 2.45) is 0 Å². The van der Waals surface area contributed by atoms with Gasteiger partial charge < -0.3 is 0 Å². The van der Waals surface area contributed by atoms with Crippen LogP contribution in [0.5, 0.6) is 0 Å². The van der Waals surface area contributed by atoms with E-state index in [-0.39, 0.29) is 11.6 Å². The van der Waals surface area contributed by atoms with Crippen molar-refractivity contribution < 1.29 is 9.72 Å². The number of nitrogens with zero attached hydrogens (tertiary/aromatic N) is 2. The Morgan fingerprint density at radius 3 is 2.50 bits per heavy atom. The summed E-state index contributed by atoms with van der Waals surface area (Å²) in [6, 6.07) is 13.1. The number of nitro groups is 1. The number of thiocarbonyl (C=S) groups is 1. The van der Waals surface area contributed by atoms with Crippen LogP contribution in [0.25, 0.3) is 6.08 Å². The van der Waals surface area contributed by atoms with Crippen molar-refractivity contribution >= 4 is 63.3 Å². The van der Waals surface area contributed by atoms with Crippen molar-refractivity contribution in [1.29, 1.82) is 0 Å². The number of thioether (sulfide) groups is 1. The van der Waals surface area contributed by atoms with Crippen molar-refractivity contribution in [3.63, 3.8) is 0 Å². The zero-order valence-corrected chi connectivity index (χ0v) is 15.6. The van der Waals surface area contributed by atoms with Crippen LogP contribution >= 0.6 is 35.6 Å². The fourth-order valence-electron chi connectivity index (χ4n) is 2.28. The van der Waals surface area contributed by atoms with Crippen LogP contribution in [0.2, 0.25) is 5.02 Å². The number of halogens is 1. The number of non-ortho nitro benzene ring substituents is 1. The summed E-state index contributed by atoms with van der Waals surface area (Å²) in [6.45, 7) is 0. The van der Waals surface area contributed by atoms with E-state index in [1.807, 2.05) is 0 Å². The average Bonchev–Trinajstić information content (AvgIpc) is 2.90. The lowest BCUT2D eigenvalue weighted by Crippen LogP contribution is -2.27. The topological polar surface area (TPSA) is 63.4 Å². The third-order valence-corrected chi connectivity index (χ3v) is 5.17. The number of hydrogen-bond donors (Lipinski definition) is 0. The number of benzene rings is 2. The lowest BCUT2D eigenvalue weighted by Gasteiger charge is -2.15. The summed E-state index contributed by atoms with van der Waals surface area (Å²) in [5, 5.41) is 11.1. The van der Waals surface area contributed by atoms with Crippen LogP contribution in [-0.2, 0) is 4.79 Å². The van der Waals surface area contributed by atoms with Crippen molar-refractivity contribution in [3.8, 4) is 0 Å². The molecule has 1 saturated heterocycles. The second kappa shape index (κ2) is 7.82. The van der Waals surface area contributed by atoms with E-state index in [0.717, 1.165) is 5.56 Å². The van der Waals surface area contributed by atoms with E-state index in [9.17, 15) is 14.9 Å². The molecule has 1 fully saturated rings. The maximum absolute atomic E-state index is 12.6. The zero-order valence-electron chi connectivity index (χ0n) is 13.2. The maximum Gasteiger partial charge on any atom is 0.270 e. The van der Waals surface area contributed by atoms with Gasteiger partial charge in [-0.2, -0.15) is 0 Å². The molecule has 3 rings (SSSR count). The van der Waals surface area contributed by atoms with Gasteiger partial charge in [0.05, 0.1) is 20.5 Å². The molecule has 1 aliphatic heterocycles. The van der Waals surface area contributed by atoms with Gasteiger partial charge in [-0.3, -0.25) is 19.8 Å². The zero-order chi connectivity index (χ0) is 18.7. The minimum Gasteiger partial charge on any atom is -0.268 e. The Morgan fingerprint density at radius 2 is 1.85 bits per heavy atom. The summed E-state index contributed by atoms with van der Waals surface area (Å²) < 4.78 is 0.415. The summed E-state index contributed by atoms with van der Waals surface area (Å²) in [6.07, 6.45) is 5.13. The highest BCUT2D eigenvalue weighted by molar-refractivity contribution is 8.27. The lowest BCUT2D eigenvalue weighted by atomic mass is 10.2. The fraction of sp³-hybridized carbons (Fsp3) is 0. The van der Waals surface area contributed by atoms with Gasteiger partial charge in [-0.05, 0) is 35.9 Å². The number of carbonyl (C=O) groups is 1. The van der Waals surface area contributed by atoms with Gasteiger partial charge in [0.25, 0.3) is 11.6 Å². The summed E-state index contributed by atoms with van der Waals surface area (Å²) >= 11 is 12.7. The molecular formula is C18H11ClN2O3S2. The average molecular weight is 403 g/mol. The summed E-state index contributed by atoms with van der Waals surface area (Å²) in [5.74, 6) is -0.235. The van der Waals surface area contributed by atoms with Crippen molar-refractivity contribution in [3.05, 3.63) is 86.3 Å². The third kappa shape index (κ3) is 3.85. The molecule has 5 nitrogen and oxygen atoms in total. The van der Waals surface area contributed by atoms with Crippen LogP contribution in [-0.4, -0.2) is 15.2 Å². The van der Waals surface area contributed by atoms with Crippen molar-refractivity contribution in [1.82, 2.24) is 0 Å². The van der Waals surface area contributed by atoms with E-state index >= 15 is 0 Å². The molecule has 0 aromatic heterocycles. The molecule has 2 aromatic rings. The monoisotopic (exact) mass is 402 g/mol. The molecule has 1 aliphatic rings. The highest BCUT2D eigenvalue weighted by Gasteiger charge is 2.33. The van der Waals surface area contributed by atoms with Crippen LogP contribution in [0.15, 0.2) is 65.6 Å². The normalized spacial score (nSPS) is 16.0. The second-order valence-corrected chi connectivity index (χ2v) is 7.28. The molecule has 2 aromatic carbocycles. The molecule has 1 amide bonds. The first-order valence-electron chi connectivity index (χ1n) is 7.41. The smallest absolute Gasteiger partial charge is 0.268 e. The molecule has 8 heteroatoms. The van der Waals surface area contributed by atoms with Crippen LogP contribution < -0.4 is 4.90 Å². The van der Waals surface area contributed by atoms with Crippen molar-refractivity contribution in [2.45, 2.75) is 0 Å². The molecule has 0 N–H and O–H groups in total. The molecule has 0 bridgehead atoms. The first-order valence-corrected chi connectivity index (χ1v) is 9.01. The molecule has 130 valence electrons. The Balaban J connectivity index is 1.78. The van der Waals surface area contributed by atoms with Crippen LogP contribution in [0.3, 0.4) is 0 Å². The van der Waals surface area contributed by atoms with Gasteiger partial charge in [-0.25, -0.2) is 0 Å². The summed E-state index contributed by atoms with van der Waals surface area (Å²) in [4.78, 5) is 24.7. The lowest BCUT2D eigenvalue weighted by molar-refractivity contribution is -0.384. The first kappa shape index (κ1) is 18.3. The van der Waals surface area contributed by atoms with E-state index in [2.05, 4.69) is 0 Å². The predicted octanol–water partition coefficient (Wildman–Crippen LogP) is 5.21. The largest absolute Gasteiger partial charge is 0.270 e. The Bertz CT molecular complexity index is 955. The number of nitro benzene ring substituents is 1. The number of rotatable bonds is 4. The third-order valence-electron chi connectivity index (χ3n) is 3.53. The SMILES string of the molecule is O=C1/C(=C/C=C/c2ccc([N+](=O)[O-])cc2)SC(=S)N1c1ccccc1Cl. The quantitative estimate of drug-likeness (QED) is 0.304. The Hall–Kier alpha value is -2.48. The van der Waals surface area contributed by atoms with E-state index in [4.69, 9.17) is 23.8 Å². The molecule has 0 radical (unpaired) electrons. The van der Waals surface area contributed by atoms with Gasteiger partial charge in [0, 0.05) is 12.1 Å². The van der Waals surface area contributed by atoms with Gasteiger partial charge in [0.1, 0.15) is 0 Å². The van der Waals surface area contributed by atoms with Gasteiger partial charge in [-0.15, -0.1) is 0 Å². The molecule has 0 saturated carbocycles.